The van der Waals surface area contributed by atoms with Crippen molar-refractivity contribution in [1.29, 1.82) is 0 Å². The Morgan fingerprint density at radius 3 is 1.10 bits per heavy atom. The summed E-state index contributed by atoms with van der Waals surface area (Å²) >= 11 is 1.19. The third kappa shape index (κ3) is 12.8. The average Bonchev–Trinajstić information content (AvgIpc) is 2.38. The summed E-state index contributed by atoms with van der Waals surface area (Å²) in [4.78, 5) is 0. The van der Waals surface area contributed by atoms with E-state index >= 15 is 0 Å². The molecule has 0 rings (SSSR count). The Morgan fingerprint density at radius 2 is 0.905 bits per heavy atom. The van der Waals surface area contributed by atoms with Crippen LogP contribution in [0.25, 0.3) is 0 Å². The molecule has 0 aliphatic heterocycles. The molecule has 0 heterocycles. The molecule has 0 fully saturated rings. The first-order valence-electron chi connectivity index (χ1n) is 8.13. The van der Waals surface area contributed by atoms with Crippen LogP contribution in [0.4, 0.5) is 0 Å². The van der Waals surface area contributed by atoms with Crippen LogP contribution in [0, 0.1) is 0 Å². The molecule has 0 aliphatic rings. The molecule has 0 saturated heterocycles. The van der Waals surface area contributed by atoms with Crippen LogP contribution in [0.2, 0.25) is 0 Å². The molecule has 0 aromatic heterocycles. The van der Waals surface area contributed by atoms with E-state index in [1.165, 1.54) is 43.3 Å². The summed E-state index contributed by atoms with van der Waals surface area (Å²) in [6.07, 6.45) is 2.79. The monoisotopic (exact) mass is 535 g/mol. The molecular formula is C16H39ClIrNP2. The molecule has 1 N–H and O–H groups in total. The molecule has 0 atom stereocenters. The zero-order valence-corrected chi connectivity index (χ0v) is 20.5. The molecule has 0 aromatic rings. The SMILES string of the molecule is CC(C)P(CCNCCP(C(C)C)C(C)C)C(C)C.[Cl][IrH2]. The van der Waals surface area contributed by atoms with Crippen molar-refractivity contribution in [2.75, 3.05) is 25.4 Å². The van der Waals surface area contributed by atoms with Crippen LogP contribution < -0.4 is 5.32 Å². The molecule has 0 amide bonds. The molecule has 0 aliphatic carbocycles. The molecule has 0 aromatic carbocycles. The standard InChI is InChI=1S/C16H37NP2.ClH.Ir.2H/c1-13(2)18(14(3)4)11-9-17-10-12-19(15(5)6)16(7)8;;;;/h13-17H,9-12H2,1-8H3;1H;;;/q;;+1;;/p-1. The van der Waals surface area contributed by atoms with E-state index in [1.807, 2.05) is 0 Å². The number of nitrogens with one attached hydrogen (secondary N) is 1. The summed E-state index contributed by atoms with van der Waals surface area (Å²) in [6, 6.07) is 0. The second-order valence-electron chi connectivity index (χ2n) is 6.60. The molecule has 1 nitrogen and oxygen atoms in total. The molecule has 21 heavy (non-hydrogen) atoms. The van der Waals surface area contributed by atoms with Crippen LogP contribution in [0.5, 0.6) is 0 Å². The second kappa shape index (κ2) is 15.3. The van der Waals surface area contributed by atoms with Crippen molar-refractivity contribution in [3.63, 3.8) is 0 Å². The molecule has 5 heteroatoms. The quantitative estimate of drug-likeness (QED) is 0.295. The summed E-state index contributed by atoms with van der Waals surface area (Å²) in [5.41, 5.74) is 3.50. The van der Waals surface area contributed by atoms with Gasteiger partial charge in [-0.25, -0.2) is 0 Å². The van der Waals surface area contributed by atoms with Crippen molar-refractivity contribution in [3.05, 3.63) is 0 Å². The van der Waals surface area contributed by atoms with Gasteiger partial charge in [-0.3, -0.25) is 0 Å². The molecule has 0 unspecified atom stereocenters. The first-order chi connectivity index (χ1) is 9.77. The van der Waals surface area contributed by atoms with Gasteiger partial charge in [-0.2, -0.15) is 0 Å². The Hall–Kier alpha value is 1.76. The molecule has 0 radical (unpaired) electrons. The van der Waals surface area contributed by atoms with Crippen LogP contribution in [-0.4, -0.2) is 48.0 Å². The molecular weight excluding hydrogens is 496 g/mol. The van der Waals surface area contributed by atoms with Crippen molar-refractivity contribution in [3.8, 4) is 0 Å². The average molecular weight is 535 g/mol. The Morgan fingerprint density at radius 1 is 0.667 bits per heavy atom. The maximum atomic E-state index is 4.69. The first kappa shape index (κ1) is 25.0. The Labute approximate surface area is 151 Å². The number of hydrogen-bond donors (Lipinski definition) is 1. The van der Waals surface area contributed by atoms with Gasteiger partial charge in [-0.1, -0.05) is 55.4 Å². The fourth-order valence-electron chi connectivity index (χ4n) is 2.77. The summed E-state index contributed by atoms with van der Waals surface area (Å²) in [5.74, 6) is 0. The summed E-state index contributed by atoms with van der Waals surface area (Å²) in [5, 5.41) is 3.70. The van der Waals surface area contributed by atoms with Gasteiger partial charge in [0.25, 0.3) is 0 Å². The number of rotatable bonds is 10. The third-order valence-corrected chi connectivity index (χ3v) is 10.5. The van der Waals surface area contributed by atoms with Crippen molar-refractivity contribution in [2.45, 2.75) is 78.0 Å². The van der Waals surface area contributed by atoms with Gasteiger partial charge in [0, 0.05) is 0 Å². The Balaban J connectivity index is 0. The normalized spacial score (nSPS) is 12.0. The van der Waals surface area contributed by atoms with Gasteiger partial charge >= 0.3 is 27.5 Å². The van der Waals surface area contributed by atoms with Crippen molar-refractivity contribution in [1.82, 2.24) is 5.32 Å². The van der Waals surface area contributed by atoms with Crippen LogP contribution in [0.15, 0.2) is 0 Å². The van der Waals surface area contributed by atoms with Gasteiger partial charge in [-0.15, -0.1) is 15.8 Å². The third-order valence-electron chi connectivity index (χ3n) is 3.75. The van der Waals surface area contributed by atoms with Crippen molar-refractivity contribution < 1.29 is 17.9 Å². The van der Waals surface area contributed by atoms with Crippen LogP contribution >= 0.6 is 25.4 Å². The van der Waals surface area contributed by atoms with E-state index in [9.17, 15) is 0 Å². The van der Waals surface area contributed by atoms with E-state index in [2.05, 4.69) is 60.7 Å². The van der Waals surface area contributed by atoms with Gasteiger partial charge < -0.3 is 5.32 Å². The molecule has 0 bridgehead atoms. The van der Waals surface area contributed by atoms with Gasteiger partial charge in [0.2, 0.25) is 0 Å². The van der Waals surface area contributed by atoms with E-state index in [0.29, 0.717) is 0 Å². The van der Waals surface area contributed by atoms with Crippen molar-refractivity contribution >= 4 is 25.4 Å². The molecule has 134 valence electrons. The number of hydrogen-bond acceptors (Lipinski definition) is 1. The van der Waals surface area contributed by atoms with E-state index < -0.39 is 0 Å². The minimum atomic E-state index is 0.207. The minimum absolute atomic E-state index is 0.207. The summed E-state index contributed by atoms with van der Waals surface area (Å²) in [6.45, 7) is 21.6. The topological polar surface area (TPSA) is 12.0 Å². The predicted molar refractivity (Wildman–Crippen MR) is 106 cm³/mol. The fraction of sp³-hybridized carbons (Fsp3) is 1.00. The van der Waals surface area contributed by atoms with E-state index in [4.69, 9.17) is 9.58 Å². The fourth-order valence-corrected chi connectivity index (χ4v) is 8.05. The summed E-state index contributed by atoms with van der Waals surface area (Å²) < 4.78 is 0. The maximum absolute atomic E-state index is 4.69. The zero-order valence-electron chi connectivity index (χ0n) is 15.3. The number of halogens is 1. The van der Waals surface area contributed by atoms with Gasteiger partial charge in [-0.05, 0) is 48.0 Å². The Kier molecular flexibility index (Phi) is 18.2. The van der Waals surface area contributed by atoms with Gasteiger partial charge in [0.15, 0.2) is 0 Å². The van der Waals surface area contributed by atoms with Gasteiger partial charge in [0.1, 0.15) is 0 Å². The van der Waals surface area contributed by atoms with E-state index in [-0.39, 0.29) is 15.8 Å². The molecule has 0 spiro atoms. The Bertz CT molecular complexity index is 188. The van der Waals surface area contributed by atoms with E-state index in [0.717, 1.165) is 22.6 Å². The van der Waals surface area contributed by atoms with Crippen LogP contribution in [-0.2, 0) is 17.9 Å². The van der Waals surface area contributed by atoms with Gasteiger partial charge in [0.05, 0.1) is 0 Å². The molecule has 0 saturated carbocycles. The van der Waals surface area contributed by atoms with Crippen LogP contribution in [0.3, 0.4) is 0 Å². The second-order valence-corrected chi connectivity index (χ2v) is 13.7. The van der Waals surface area contributed by atoms with Crippen molar-refractivity contribution in [2.24, 2.45) is 0 Å². The van der Waals surface area contributed by atoms with E-state index in [1.54, 1.807) is 0 Å². The predicted octanol–water partition coefficient (Wildman–Crippen LogP) is 5.33. The van der Waals surface area contributed by atoms with Crippen LogP contribution in [0.1, 0.15) is 55.4 Å². The first-order valence-corrected chi connectivity index (χ1v) is 14.8. The zero-order chi connectivity index (χ0) is 17.0. The summed E-state index contributed by atoms with van der Waals surface area (Å²) in [7, 11) is 5.11.